The number of hydrogen-bond acceptors (Lipinski definition) is 5. The first kappa shape index (κ1) is 19.8. The summed E-state index contributed by atoms with van der Waals surface area (Å²) < 4.78 is 40.0. The van der Waals surface area contributed by atoms with Crippen molar-refractivity contribution in [2.75, 3.05) is 5.75 Å². The Hall–Kier alpha value is -1.99. The van der Waals surface area contributed by atoms with Gasteiger partial charge in [-0.2, -0.15) is 18.4 Å². The summed E-state index contributed by atoms with van der Waals surface area (Å²) in [6, 6.07) is 2.97. The molecule has 1 amide bonds. The van der Waals surface area contributed by atoms with E-state index in [-0.39, 0.29) is 27.5 Å². The lowest BCUT2D eigenvalue weighted by Gasteiger charge is -2.31. The number of pyridine rings is 1. The number of hydrogen-bond donors (Lipinski definition) is 1. The van der Waals surface area contributed by atoms with Crippen LogP contribution in [0.5, 0.6) is 0 Å². The van der Waals surface area contributed by atoms with Crippen LogP contribution in [-0.2, 0) is 11.0 Å². The summed E-state index contributed by atoms with van der Waals surface area (Å²) in [6.45, 7) is 0. The lowest BCUT2D eigenvalue weighted by atomic mass is 9.83. The van der Waals surface area contributed by atoms with Crippen molar-refractivity contribution >= 4 is 34.9 Å². The zero-order valence-corrected chi connectivity index (χ0v) is 15.6. The molecule has 6 nitrogen and oxygen atoms in total. The number of rotatable bonds is 4. The average Bonchev–Trinajstić information content (AvgIpc) is 3.04. The van der Waals surface area contributed by atoms with Crippen LogP contribution in [0.25, 0.3) is 5.65 Å². The zero-order valence-electron chi connectivity index (χ0n) is 14.0. The molecule has 0 bridgehead atoms. The molecular formula is C16H15ClF3N5OS. The maximum Gasteiger partial charge on any atom is 0.417 e. The van der Waals surface area contributed by atoms with Gasteiger partial charge in [0.05, 0.1) is 22.4 Å². The fraction of sp³-hybridized carbons (Fsp3) is 0.500. The highest BCUT2D eigenvalue weighted by Gasteiger charge is 2.34. The first-order valence-electron chi connectivity index (χ1n) is 8.21. The number of carbonyl (C=O) groups is 1. The van der Waals surface area contributed by atoms with Crippen molar-refractivity contribution in [2.24, 2.45) is 0 Å². The highest BCUT2D eigenvalue weighted by Crippen LogP contribution is 2.33. The Labute approximate surface area is 162 Å². The van der Waals surface area contributed by atoms with Crippen molar-refractivity contribution in [3.8, 4) is 6.07 Å². The molecule has 1 aliphatic rings. The minimum Gasteiger partial charge on any atom is -0.337 e. The van der Waals surface area contributed by atoms with Gasteiger partial charge in [-0.15, -0.1) is 10.2 Å². The van der Waals surface area contributed by atoms with Crippen molar-refractivity contribution in [1.29, 1.82) is 5.26 Å². The smallest absolute Gasteiger partial charge is 0.337 e. The van der Waals surface area contributed by atoms with Gasteiger partial charge in [-0.3, -0.25) is 9.20 Å². The molecule has 1 N–H and O–H groups in total. The van der Waals surface area contributed by atoms with E-state index in [0.29, 0.717) is 12.8 Å². The van der Waals surface area contributed by atoms with Crippen LogP contribution < -0.4 is 5.32 Å². The van der Waals surface area contributed by atoms with Crippen LogP contribution in [0.4, 0.5) is 13.2 Å². The molecule has 1 aliphatic carbocycles. The maximum atomic E-state index is 13.0. The third-order valence-electron chi connectivity index (χ3n) is 4.39. The van der Waals surface area contributed by atoms with Crippen LogP contribution in [-0.4, -0.2) is 31.8 Å². The van der Waals surface area contributed by atoms with Crippen LogP contribution in [0, 0.1) is 11.3 Å². The Morgan fingerprint density at radius 1 is 1.37 bits per heavy atom. The molecule has 0 radical (unpaired) electrons. The van der Waals surface area contributed by atoms with E-state index in [4.69, 9.17) is 11.6 Å². The molecular weight excluding hydrogens is 403 g/mol. The zero-order chi connectivity index (χ0) is 19.7. The second-order valence-corrected chi connectivity index (χ2v) is 7.69. The molecule has 27 heavy (non-hydrogen) atoms. The normalized spacial score (nSPS) is 16.9. The van der Waals surface area contributed by atoms with Crippen molar-refractivity contribution in [3.63, 3.8) is 0 Å². The Morgan fingerprint density at radius 3 is 2.70 bits per heavy atom. The number of halogens is 4. The Bertz CT molecular complexity index is 902. The first-order chi connectivity index (χ1) is 12.7. The highest BCUT2D eigenvalue weighted by atomic mass is 35.5. The fourth-order valence-corrected chi connectivity index (χ4v) is 4.00. The molecule has 0 aromatic carbocycles. The van der Waals surface area contributed by atoms with Gasteiger partial charge in [-0.1, -0.05) is 42.6 Å². The van der Waals surface area contributed by atoms with E-state index < -0.39 is 17.3 Å². The second kappa shape index (κ2) is 7.56. The van der Waals surface area contributed by atoms with Crippen LogP contribution in [0.1, 0.15) is 37.7 Å². The first-order valence-corrected chi connectivity index (χ1v) is 9.57. The molecule has 3 rings (SSSR count). The van der Waals surface area contributed by atoms with E-state index in [9.17, 15) is 23.2 Å². The summed E-state index contributed by atoms with van der Waals surface area (Å²) >= 11 is 6.79. The van der Waals surface area contributed by atoms with E-state index in [1.165, 1.54) is 0 Å². The molecule has 1 fully saturated rings. The molecule has 1 saturated carbocycles. The minimum absolute atomic E-state index is 0.0772. The van der Waals surface area contributed by atoms with E-state index in [2.05, 4.69) is 21.6 Å². The summed E-state index contributed by atoms with van der Waals surface area (Å²) in [5, 5.41) is 19.7. The summed E-state index contributed by atoms with van der Waals surface area (Å²) in [6.07, 6.45) is 0.239. The molecule has 0 saturated heterocycles. The fourth-order valence-electron chi connectivity index (χ4n) is 3.04. The van der Waals surface area contributed by atoms with Crippen LogP contribution >= 0.6 is 23.4 Å². The Morgan fingerprint density at radius 2 is 2.07 bits per heavy atom. The van der Waals surface area contributed by atoms with Gasteiger partial charge >= 0.3 is 6.18 Å². The summed E-state index contributed by atoms with van der Waals surface area (Å²) in [4.78, 5) is 12.3. The molecule has 2 aromatic heterocycles. The molecule has 144 valence electrons. The molecule has 2 aromatic rings. The average molecular weight is 418 g/mol. The van der Waals surface area contributed by atoms with Gasteiger partial charge in [-0.25, -0.2) is 0 Å². The number of amides is 1. The molecule has 0 spiro atoms. The van der Waals surface area contributed by atoms with Gasteiger partial charge in [-0.05, 0) is 18.9 Å². The topological polar surface area (TPSA) is 83.1 Å². The molecule has 0 atom stereocenters. The quantitative estimate of drug-likeness (QED) is 0.764. The summed E-state index contributed by atoms with van der Waals surface area (Å²) in [7, 11) is 0. The van der Waals surface area contributed by atoms with E-state index in [1.807, 2.05) is 0 Å². The monoisotopic (exact) mass is 417 g/mol. The van der Waals surface area contributed by atoms with Gasteiger partial charge in [0.2, 0.25) is 5.91 Å². The number of fused-ring (bicyclic) bond motifs is 1. The van der Waals surface area contributed by atoms with Gasteiger partial charge in [0.15, 0.2) is 10.8 Å². The van der Waals surface area contributed by atoms with Crippen molar-refractivity contribution in [2.45, 2.75) is 49.0 Å². The number of nitrogens with one attached hydrogen (secondary N) is 1. The van der Waals surface area contributed by atoms with Crippen LogP contribution in [0.2, 0.25) is 5.02 Å². The predicted octanol–water partition coefficient (Wildman–Crippen LogP) is 3.84. The SMILES string of the molecule is N#CC1(NC(=O)CSc2nnc3c(Cl)cc(C(F)(F)F)cn23)CCCCC1. The van der Waals surface area contributed by atoms with E-state index >= 15 is 0 Å². The highest BCUT2D eigenvalue weighted by molar-refractivity contribution is 7.99. The maximum absolute atomic E-state index is 13.0. The largest absolute Gasteiger partial charge is 0.417 e. The molecule has 11 heteroatoms. The number of thioether (sulfide) groups is 1. The lowest BCUT2D eigenvalue weighted by Crippen LogP contribution is -2.49. The van der Waals surface area contributed by atoms with E-state index in [1.54, 1.807) is 0 Å². The van der Waals surface area contributed by atoms with E-state index in [0.717, 1.165) is 47.7 Å². The number of nitriles is 1. The van der Waals surface area contributed by atoms with Crippen LogP contribution in [0.3, 0.4) is 0 Å². The second-order valence-electron chi connectivity index (χ2n) is 6.34. The van der Waals surface area contributed by atoms with Crippen LogP contribution in [0.15, 0.2) is 17.4 Å². The third kappa shape index (κ3) is 4.30. The third-order valence-corrected chi connectivity index (χ3v) is 5.61. The minimum atomic E-state index is -4.57. The van der Waals surface area contributed by atoms with Gasteiger partial charge in [0.25, 0.3) is 0 Å². The summed E-state index contributed by atoms with van der Waals surface area (Å²) in [5.74, 6) is -0.476. The Kier molecular flexibility index (Phi) is 5.53. The number of nitrogens with zero attached hydrogens (tertiary/aromatic N) is 4. The summed E-state index contributed by atoms with van der Waals surface area (Å²) in [5.41, 5.74) is -1.72. The predicted molar refractivity (Wildman–Crippen MR) is 93.3 cm³/mol. The van der Waals surface area contributed by atoms with Gasteiger partial charge < -0.3 is 5.32 Å². The number of alkyl halides is 3. The standard InChI is InChI=1S/C16H15ClF3N5OS/c17-11-6-10(16(18,19)20)7-25-13(11)23-24-14(25)27-8-12(26)22-15(9-21)4-2-1-3-5-15/h6-7H,1-5,8H2,(H,22,26). The Balaban J connectivity index is 1.74. The molecule has 0 aliphatic heterocycles. The number of aromatic nitrogens is 3. The van der Waals surface area contributed by atoms with Crippen molar-refractivity contribution < 1.29 is 18.0 Å². The number of carbonyl (C=O) groups excluding carboxylic acids is 1. The van der Waals surface area contributed by atoms with Crippen molar-refractivity contribution in [1.82, 2.24) is 19.9 Å². The lowest BCUT2D eigenvalue weighted by molar-refractivity contribution is -0.137. The van der Waals surface area contributed by atoms with Gasteiger partial charge in [0, 0.05) is 6.20 Å². The molecule has 0 unspecified atom stereocenters. The molecule has 2 heterocycles. The van der Waals surface area contributed by atoms with Gasteiger partial charge in [0.1, 0.15) is 5.54 Å². The van der Waals surface area contributed by atoms with Crippen molar-refractivity contribution in [3.05, 3.63) is 22.8 Å².